The zero-order valence-corrected chi connectivity index (χ0v) is 24.6. The van der Waals surface area contributed by atoms with Gasteiger partial charge in [0, 0.05) is 27.1 Å². The number of para-hydroxylation sites is 2. The predicted octanol–water partition coefficient (Wildman–Crippen LogP) is 10.9. The molecule has 0 N–H and O–H groups in total. The lowest BCUT2D eigenvalue weighted by Gasteiger charge is -2.20. The van der Waals surface area contributed by atoms with Gasteiger partial charge in [-0.15, -0.1) is 0 Å². The number of pyridine rings is 1. The van der Waals surface area contributed by atoms with Gasteiger partial charge in [-0.05, 0) is 54.1 Å². The summed E-state index contributed by atoms with van der Waals surface area (Å²) in [7, 11) is 0. The van der Waals surface area contributed by atoms with Crippen LogP contribution in [0.5, 0.6) is 0 Å². The maximum Gasteiger partial charge on any atom is 0.416 e. The molecule has 5 aromatic carbocycles. The van der Waals surface area contributed by atoms with Crippen LogP contribution in [0, 0.1) is 11.3 Å². The summed E-state index contributed by atoms with van der Waals surface area (Å²) in [4.78, 5) is 4.54. The van der Waals surface area contributed by atoms with Crippen molar-refractivity contribution >= 4 is 43.6 Å². The fourth-order valence-electron chi connectivity index (χ4n) is 6.63. The molecule has 0 aliphatic rings. The predicted molar refractivity (Wildman–Crippen MR) is 173 cm³/mol. The molecule has 0 bridgehead atoms. The van der Waals surface area contributed by atoms with Crippen LogP contribution >= 0.6 is 0 Å². The Morgan fingerprint density at radius 2 is 1.00 bits per heavy atom. The third-order valence-corrected chi connectivity index (χ3v) is 8.67. The molecule has 0 amide bonds. The van der Waals surface area contributed by atoms with Crippen molar-refractivity contribution in [2.75, 3.05) is 0 Å². The molecule has 0 atom stereocenters. The molecule has 0 fully saturated rings. The Morgan fingerprint density at radius 1 is 0.521 bits per heavy atom. The highest BCUT2D eigenvalue weighted by Gasteiger charge is 2.33. The fourth-order valence-corrected chi connectivity index (χ4v) is 6.63. The van der Waals surface area contributed by atoms with E-state index in [9.17, 15) is 31.6 Å². The van der Waals surface area contributed by atoms with Gasteiger partial charge in [0.1, 0.15) is 0 Å². The standard InChI is InChI=1S/C38H20F6N4/c39-37(40,41)24-12-14-28-26-8-1-3-10-30(26)47(32(28)17-24)34-20-46-21-35(36(34)23-7-5-6-22(16-23)19-45)48-31-11-4-2-9-27(31)29-15-13-25(18-33(29)48)38(42,43)44/h1-18,20-21H. The van der Waals surface area contributed by atoms with Gasteiger partial charge < -0.3 is 9.13 Å². The molecule has 3 heterocycles. The zero-order chi connectivity index (χ0) is 33.4. The second-order valence-electron chi connectivity index (χ2n) is 11.4. The van der Waals surface area contributed by atoms with Crippen molar-refractivity contribution in [3.8, 4) is 28.6 Å². The molecule has 10 heteroatoms. The van der Waals surface area contributed by atoms with E-state index >= 15 is 0 Å². The Balaban J connectivity index is 1.56. The largest absolute Gasteiger partial charge is 0.416 e. The third kappa shape index (κ3) is 4.50. The average Bonchev–Trinajstić information content (AvgIpc) is 3.59. The molecule has 8 aromatic rings. The van der Waals surface area contributed by atoms with Crippen molar-refractivity contribution in [2.45, 2.75) is 12.4 Å². The van der Waals surface area contributed by atoms with Crippen LogP contribution in [0.15, 0.2) is 122 Å². The van der Waals surface area contributed by atoms with Gasteiger partial charge in [0.05, 0.1) is 68.6 Å². The molecule has 0 saturated heterocycles. The molecule has 0 unspecified atom stereocenters. The monoisotopic (exact) mass is 646 g/mol. The smallest absolute Gasteiger partial charge is 0.307 e. The molecule has 3 aromatic heterocycles. The number of benzene rings is 5. The zero-order valence-electron chi connectivity index (χ0n) is 24.6. The summed E-state index contributed by atoms with van der Waals surface area (Å²) in [5.74, 6) is 0. The minimum Gasteiger partial charge on any atom is -0.307 e. The van der Waals surface area contributed by atoms with E-state index < -0.39 is 23.5 Å². The van der Waals surface area contributed by atoms with Gasteiger partial charge in [0.15, 0.2) is 0 Å². The van der Waals surface area contributed by atoms with E-state index in [1.165, 1.54) is 24.5 Å². The van der Waals surface area contributed by atoms with Crippen molar-refractivity contribution in [2.24, 2.45) is 0 Å². The highest BCUT2D eigenvalue weighted by Crippen LogP contribution is 2.43. The van der Waals surface area contributed by atoms with Gasteiger partial charge >= 0.3 is 12.4 Å². The number of aromatic nitrogens is 3. The summed E-state index contributed by atoms with van der Waals surface area (Å²) in [5.41, 5.74) is 2.14. The summed E-state index contributed by atoms with van der Waals surface area (Å²) in [6.45, 7) is 0. The summed E-state index contributed by atoms with van der Waals surface area (Å²) in [6.07, 6.45) is -6.17. The molecule has 4 nitrogen and oxygen atoms in total. The van der Waals surface area contributed by atoms with E-state index in [2.05, 4.69) is 11.1 Å². The molecule has 0 aliphatic heterocycles. The molecule has 234 valence electrons. The first-order chi connectivity index (χ1) is 23.0. The number of nitrogens with zero attached hydrogens (tertiary/aromatic N) is 4. The summed E-state index contributed by atoms with van der Waals surface area (Å²) in [6, 6.07) is 30.4. The molecule has 8 rings (SSSR count). The first kappa shape index (κ1) is 29.3. The van der Waals surface area contributed by atoms with Crippen molar-refractivity contribution in [1.82, 2.24) is 14.1 Å². The van der Waals surface area contributed by atoms with Gasteiger partial charge in [0.25, 0.3) is 0 Å². The van der Waals surface area contributed by atoms with Crippen molar-refractivity contribution in [3.63, 3.8) is 0 Å². The lowest BCUT2D eigenvalue weighted by Crippen LogP contribution is -2.07. The van der Waals surface area contributed by atoms with E-state index in [-0.39, 0.29) is 11.0 Å². The number of hydrogen-bond donors (Lipinski definition) is 0. The van der Waals surface area contributed by atoms with Crippen LogP contribution in [0.2, 0.25) is 0 Å². The van der Waals surface area contributed by atoms with Crippen LogP contribution in [0.1, 0.15) is 16.7 Å². The van der Waals surface area contributed by atoms with Crippen LogP contribution in [0.3, 0.4) is 0 Å². The lowest BCUT2D eigenvalue weighted by molar-refractivity contribution is -0.138. The van der Waals surface area contributed by atoms with Crippen molar-refractivity contribution in [1.29, 1.82) is 5.26 Å². The molecular weight excluding hydrogens is 626 g/mol. The van der Waals surface area contributed by atoms with Crippen molar-refractivity contribution in [3.05, 3.63) is 138 Å². The SMILES string of the molecule is N#Cc1cccc(-c2c(-n3c4ccccc4c4ccc(C(F)(F)F)cc43)cncc2-n2c3ccccc3c3ccc(C(F)(F)F)cc32)c1. The molecule has 0 saturated carbocycles. The summed E-state index contributed by atoms with van der Waals surface area (Å²) in [5, 5.41) is 12.4. The number of halogens is 6. The summed E-state index contributed by atoms with van der Waals surface area (Å²) < 4.78 is 87.8. The minimum absolute atomic E-state index is 0.268. The van der Waals surface area contributed by atoms with Crippen molar-refractivity contribution < 1.29 is 26.3 Å². The number of fused-ring (bicyclic) bond motifs is 6. The van der Waals surface area contributed by atoms with Gasteiger partial charge in [-0.1, -0.05) is 60.7 Å². The number of rotatable bonds is 3. The first-order valence-corrected chi connectivity index (χ1v) is 14.7. The van der Waals surface area contributed by atoms with E-state index in [0.717, 1.165) is 24.3 Å². The normalized spacial score (nSPS) is 12.4. The second-order valence-corrected chi connectivity index (χ2v) is 11.4. The van der Waals surface area contributed by atoms with E-state index in [1.807, 2.05) is 12.1 Å². The van der Waals surface area contributed by atoms with E-state index in [1.54, 1.807) is 69.8 Å². The van der Waals surface area contributed by atoms with E-state index in [4.69, 9.17) is 0 Å². The minimum atomic E-state index is -4.61. The molecule has 0 spiro atoms. The van der Waals surface area contributed by atoms with Crippen LogP contribution < -0.4 is 0 Å². The highest BCUT2D eigenvalue weighted by atomic mass is 19.4. The van der Waals surface area contributed by atoms with E-state index in [0.29, 0.717) is 60.6 Å². The Hall–Kier alpha value is -6.08. The first-order valence-electron chi connectivity index (χ1n) is 14.7. The summed E-state index contributed by atoms with van der Waals surface area (Å²) >= 11 is 0. The van der Waals surface area contributed by atoms with Gasteiger partial charge in [0.2, 0.25) is 0 Å². The van der Waals surface area contributed by atoms with Gasteiger partial charge in [-0.25, -0.2) is 0 Å². The number of alkyl halides is 6. The van der Waals surface area contributed by atoms with Crippen LogP contribution in [0.4, 0.5) is 26.3 Å². The highest BCUT2D eigenvalue weighted by molar-refractivity contribution is 6.12. The molecule has 0 aliphatic carbocycles. The van der Waals surface area contributed by atoms with Crippen LogP contribution in [-0.4, -0.2) is 14.1 Å². The topological polar surface area (TPSA) is 46.5 Å². The van der Waals surface area contributed by atoms with Crippen LogP contribution in [0.25, 0.3) is 66.1 Å². The Bertz CT molecular complexity index is 2470. The van der Waals surface area contributed by atoms with Crippen LogP contribution in [-0.2, 0) is 12.4 Å². The molecule has 0 radical (unpaired) electrons. The molecule has 48 heavy (non-hydrogen) atoms. The average molecular weight is 647 g/mol. The fraction of sp³-hybridized carbons (Fsp3) is 0.0526. The maximum atomic E-state index is 14.1. The quantitative estimate of drug-likeness (QED) is 0.179. The third-order valence-electron chi connectivity index (χ3n) is 8.67. The lowest BCUT2D eigenvalue weighted by atomic mass is 10.0. The Kier molecular flexibility index (Phi) is 6.40. The number of nitriles is 1. The maximum absolute atomic E-state index is 14.1. The second kappa shape index (κ2) is 10.5. The molecular formula is C38H20F6N4. The van der Waals surface area contributed by atoms with Gasteiger partial charge in [-0.2, -0.15) is 31.6 Å². The van der Waals surface area contributed by atoms with Gasteiger partial charge in [-0.3, -0.25) is 4.98 Å². The Morgan fingerprint density at radius 3 is 1.48 bits per heavy atom. The Labute approximate surface area is 268 Å². The number of hydrogen-bond acceptors (Lipinski definition) is 2.